The topological polar surface area (TPSA) is 12.0 Å². The molecule has 0 saturated carbocycles. The van der Waals surface area contributed by atoms with Gasteiger partial charge in [0.2, 0.25) is 0 Å². The van der Waals surface area contributed by atoms with Gasteiger partial charge in [0.1, 0.15) is 0 Å². The van der Waals surface area contributed by atoms with Gasteiger partial charge >= 0.3 is 0 Å². The van der Waals surface area contributed by atoms with E-state index in [1.807, 2.05) is 0 Å². The summed E-state index contributed by atoms with van der Waals surface area (Å²) in [5.41, 5.74) is 10.4. The molecule has 0 amide bonds. The lowest BCUT2D eigenvalue weighted by Crippen LogP contribution is -2.23. The molecule has 5 rings (SSSR count). The molecule has 0 aliphatic heterocycles. The number of benzene rings is 4. The maximum absolute atomic E-state index is 3.92. The summed E-state index contributed by atoms with van der Waals surface area (Å²) >= 11 is 0. The minimum atomic E-state index is 0.132. The normalized spacial score (nSPS) is 15.8. The van der Waals surface area contributed by atoms with Crippen molar-refractivity contribution in [3.8, 4) is 0 Å². The Balaban J connectivity index is 1.86. The molecule has 0 spiro atoms. The lowest BCUT2D eigenvalue weighted by Gasteiger charge is -2.23. The first-order valence-corrected chi connectivity index (χ1v) is 12.2. The van der Waals surface area contributed by atoms with Gasteiger partial charge in [-0.1, -0.05) is 135 Å². The third-order valence-electron chi connectivity index (χ3n) is 6.41. The molecule has 1 atom stereocenters. The lowest BCUT2D eigenvalue weighted by atomic mass is 9.85. The molecular weight excluding hydrogens is 410 g/mol. The largest absolute Gasteiger partial charge is 0.387 e. The summed E-state index contributed by atoms with van der Waals surface area (Å²) in [6, 6.07) is 43.6. The van der Waals surface area contributed by atoms with E-state index < -0.39 is 0 Å². The van der Waals surface area contributed by atoms with E-state index in [2.05, 4.69) is 140 Å². The van der Waals surface area contributed by atoms with E-state index in [0.29, 0.717) is 5.92 Å². The quantitative estimate of drug-likeness (QED) is 0.306. The fourth-order valence-electron chi connectivity index (χ4n) is 4.92. The van der Waals surface area contributed by atoms with Gasteiger partial charge in [-0.15, -0.1) is 0 Å². The third kappa shape index (κ3) is 4.34. The highest BCUT2D eigenvalue weighted by Gasteiger charge is 2.36. The Bertz CT molecular complexity index is 1280. The van der Waals surface area contributed by atoms with Crippen LogP contribution in [0.2, 0.25) is 0 Å². The molecule has 34 heavy (non-hydrogen) atoms. The van der Waals surface area contributed by atoms with E-state index in [1.54, 1.807) is 0 Å². The van der Waals surface area contributed by atoms with Crippen LogP contribution in [0.1, 0.15) is 42.0 Å². The summed E-state index contributed by atoms with van der Waals surface area (Å²) in [6.07, 6.45) is 0. The number of hydrogen-bond donors (Lipinski definition) is 1. The second-order valence-electron chi connectivity index (χ2n) is 9.29. The van der Waals surface area contributed by atoms with Crippen LogP contribution in [-0.2, 0) is 0 Å². The van der Waals surface area contributed by atoms with Crippen LogP contribution in [0.15, 0.2) is 127 Å². The highest BCUT2D eigenvalue weighted by atomic mass is 14.9. The molecule has 4 aromatic carbocycles. The van der Waals surface area contributed by atoms with E-state index >= 15 is 0 Å². The van der Waals surface area contributed by atoms with Gasteiger partial charge in [-0.05, 0) is 39.3 Å². The van der Waals surface area contributed by atoms with Crippen LogP contribution in [0.4, 0.5) is 0 Å². The Morgan fingerprint density at radius 1 is 0.559 bits per heavy atom. The molecule has 0 saturated heterocycles. The van der Waals surface area contributed by atoms with Crippen molar-refractivity contribution < 1.29 is 0 Å². The van der Waals surface area contributed by atoms with E-state index in [1.165, 1.54) is 44.7 Å². The minimum absolute atomic E-state index is 0.132. The highest BCUT2D eigenvalue weighted by molar-refractivity contribution is 6.21. The van der Waals surface area contributed by atoms with Gasteiger partial charge in [0.05, 0.1) is 5.92 Å². The first-order chi connectivity index (χ1) is 16.7. The van der Waals surface area contributed by atoms with Crippen LogP contribution < -0.4 is 5.32 Å². The molecule has 0 fully saturated rings. The summed E-state index contributed by atoms with van der Waals surface area (Å²) in [5.74, 6) is 0.676. The summed E-state index contributed by atoms with van der Waals surface area (Å²) in [4.78, 5) is 0. The van der Waals surface area contributed by atoms with E-state index in [4.69, 9.17) is 0 Å². The predicted octanol–water partition coefficient (Wildman–Crippen LogP) is 8.05. The van der Waals surface area contributed by atoms with E-state index in [9.17, 15) is 0 Å². The van der Waals surface area contributed by atoms with Crippen molar-refractivity contribution >= 4 is 16.7 Å². The maximum atomic E-state index is 3.92. The van der Waals surface area contributed by atoms with Crippen LogP contribution in [0.5, 0.6) is 0 Å². The van der Waals surface area contributed by atoms with Crippen LogP contribution >= 0.6 is 0 Å². The highest BCUT2D eigenvalue weighted by Crippen LogP contribution is 2.54. The molecule has 1 heteroatoms. The van der Waals surface area contributed by atoms with Crippen LogP contribution in [0.25, 0.3) is 16.7 Å². The Labute approximate surface area is 203 Å². The lowest BCUT2D eigenvalue weighted by molar-refractivity contribution is 0.587. The van der Waals surface area contributed by atoms with Gasteiger partial charge in [0.15, 0.2) is 0 Å². The molecule has 0 radical (unpaired) electrons. The fourth-order valence-corrected chi connectivity index (χ4v) is 4.92. The SMILES string of the molecule is CC(C)CNC1=C(c2ccccc2)C(c2ccccc2)=C(c2ccccc2)C1c1ccccc1. The van der Waals surface area contributed by atoms with Gasteiger partial charge in [0, 0.05) is 17.8 Å². The molecule has 1 aliphatic carbocycles. The molecule has 4 aromatic rings. The Kier molecular flexibility index (Phi) is 6.44. The minimum Gasteiger partial charge on any atom is -0.387 e. The van der Waals surface area contributed by atoms with E-state index in [-0.39, 0.29) is 5.92 Å². The van der Waals surface area contributed by atoms with Gasteiger partial charge in [-0.2, -0.15) is 0 Å². The predicted molar refractivity (Wildman–Crippen MR) is 145 cm³/mol. The monoisotopic (exact) mass is 441 g/mol. The van der Waals surface area contributed by atoms with Crippen molar-refractivity contribution in [3.63, 3.8) is 0 Å². The molecule has 1 unspecified atom stereocenters. The smallest absolute Gasteiger partial charge is 0.0506 e. The molecule has 1 nitrogen and oxygen atoms in total. The number of hydrogen-bond acceptors (Lipinski definition) is 1. The van der Waals surface area contributed by atoms with Crippen molar-refractivity contribution in [2.75, 3.05) is 6.54 Å². The molecule has 0 bridgehead atoms. The second kappa shape index (κ2) is 9.97. The molecular formula is C33H31N. The zero-order valence-corrected chi connectivity index (χ0v) is 19.9. The first-order valence-electron chi connectivity index (χ1n) is 12.2. The van der Waals surface area contributed by atoms with Crippen LogP contribution in [0, 0.1) is 5.92 Å². The van der Waals surface area contributed by atoms with Crippen molar-refractivity contribution in [3.05, 3.63) is 149 Å². The molecule has 0 heterocycles. The molecule has 1 aliphatic rings. The van der Waals surface area contributed by atoms with Crippen LogP contribution in [-0.4, -0.2) is 6.54 Å². The number of rotatable bonds is 7. The third-order valence-corrected chi connectivity index (χ3v) is 6.41. The van der Waals surface area contributed by atoms with Crippen molar-refractivity contribution in [1.82, 2.24) is 5.32 Å². The maximum Gasteiger partial charge on any atom is 0.0506 e. The van der Waals surface area contributed by atoms with Gasteiger partial charge in [-0.25, -0.2) is 0 Å². The van der Waals surface area contributed by atoms with Gasteiger partial charge in [0.25, 0.3) is 0 Å². The standard InChI is InChI=1S/C33H31N/c1-24(2)23-34-33-31(27-19-11-5-12-20-27)29(25-15-7-3-8-16-25)30(26-17-9-4-10-18-26)32(33)28-21-13-6-14-22-28/h3-22,24,31,34H,23H2,1-2H3. The summed E-state index contributed by atoms with van der Waals surface area (Å²) in [7, 11) is 0. The Morgan fingerprint density at radius 3 is 1.50 bits per heavy atom. The summed E-state index contributed by atoms with van der Waals surface area (Å²) < 4.78 is 0. The van der Waals surface area contributed by atoms with Crippen molar-refractivity contribution in [2.45, 2.75) is 19.8 Å². The Morgan fingerprint density at radius 2 is 1.00 bits per heavy atom. The summed E-state index contributed by atoms with van der Waals surface area (Å²) in [5, 5.41) is 3.92. The van der Waals surface area contributed by atoms with E-state index in [0.717, 1.165) is 6.54 Å². The fraction of sp³-hybridized carbons (Fsp3) is 0.152. The molecule has 1 N–H and O–H groups in total. The van der Waals surface area contributed by atoms with Crippen molar-refractivity contribution in [2.24, 2.45) is 5.92 Å². The average Bonchev–Trinajstić information content (AvgIpc) is 3.24. The van der Waals surface area contributed by atoms with Crippen molar-refractivity contribution in [1.29, 1.82) is 0 Å². The summed E-state index contributed by atoms with van der Waals surface area (Å²) in [6.45, 7) is 5.47. The second-order valence-corrected chi connectivity index (χ2v) is 9.29. The Hall–Kier alpha value is -3.84. The van der Waals surface area contributed by atoms with Gasteiger partial charge < -0.3 is 5.32 Å². The average molecular weight is 442 g/mol. The number of allylic oxidation sites excluding steroid dienone is 3. The first kappa shape index (κ1) is 22.0. The number of nitrogens with one attached hydrogen (secondary N) is 1. The van der Waals surface area contributed by atoms with Crippen LogP contribution in [0.3, 0.4) is 0 Å². The zero-order valence-electron chi connectivity index (χ0n) is 19.9. The van der Waals surface area contributed by atoms with Gasteiger partial charge in [-0.3, -0.25) is 0 Å². The molecule has 168 valence electrons. The molecule has 0 aromatic heterocycles. The zero-order chi connectivity index (χ0) is 23.3.